The summed E-state index contributed by atoms with van der Waals surface area (Å²) in [5, 5.41) is 7.60. The molecule has 0 saturated carbocycles. The average Bonchev–Trinajstić information content (AvgIpc) is 3.13. The van der Waals surface area contributed by atoms with Gasteiger partial charge >= 0.3 is 0 Å². The molecule has 0 atom stereocenters. The molecule has 2 aromatic heterocycles. The van der Waals surface area contributed by atoms with Crippen molar-refractivity contribution in [3.63, 3.8) is 0 Å². The molecule has 0 radical (unpaired) electrons. The SMILES string of the molecule is CN=C(NCCc1c[nH]c2cc(F)ccc12)NCc1cccnc1OCCOC. The van der Waals surface area contributed by atoms with Gasteiger partial charge in [0.05, 0.1) is 6.61 Å². The zero-order valence-corrected chi connectivity index (χ0v) is 16.7. The van der Waals surface area contributed by atoms with Crippen LogP contribution in [-0.4, -0.2) is 49.8 Å². The minimum absolute atomic E-state index is 0.241. The van der Waals surface area contributed by atoms with Crippen molar-refractivity contribution in [3.8, 4) is 5.88 Å². The monoisotopic (exact) mass is 399 g/mol. The molecule has 0 bridgehead atoms. The number of benzene rings is 1. The number of rotatable bonds is 9. The summed E-state index contributed by atoms with van der Waals surface area (Å²) in [5.74, 6) is 1.02. The number of methoxy groups -OCH3 is 1. The van der Waals surface area contributed by atoms with Gasteiger partial charge in [-0.3, -0.25) is 4.99 Å². The molecule has 3 N–H and O–H groups in total. The van der Waals surface area contributed by atoms with E-state index in [2.05, 4.69) is 25.6 Å². The third-order valence-corrected chi connectivity index (χ3v) is 4.46. The van der Waals surface area contributed by atoms with E-state index in [4.69, 9.17) is 9.47 Å². The third-order valence-electron chi connectivity index (χ3n) is 4.46. The molecule has 1 aromatic carbocycles. The minimum atomic E-state index is -0.241. The van der Waals surface area contributed by atoms with Crippen molar-refractivity contribution in [3.05, 3.63) is 59.7 Å². The van der Waals surface area contributed by atoms with Gasteiger partial charge in [0.2, 0.25) is 5.88 Å². The van der Waals surface area contributed by atoms with Gasteiger partial charge in [-0.2, -0.15) is 0 Å². The van der Waals surface area contributed by atoms with Gasteiger partial charge in [-0.1, -0.05) is 6.07 Å². The Kier molecular flexibility index (Phi) is 7.40. The molecule has 8 heteroatoms. The number of hydrogen-bond acceptors (Lipinski definition) is 4. The van der Waals surface area contributed by atoms with Crippen LogP contribution in [0.3, 0.4) is 0 Å². The van der Waals surface area contributed by atoms with Crippen LogP contribution in [0.2, 0.25) is 0 Å². The summed E-state index contributed by atoms with van der Waals surface area (Å²) in [6.07, 6.45) is 4.40. The lowest BCUT2D eigenvalue weighted by molar-refractivity contribution is 0.143. The van der Waals surface area contributed by atoms with Crippen LogP contribution < -0.4 is 15.4 Å². The van der Waals surface area contributed by atoms with Gasteiger partial charge < -0.3 is 25.1 Å². The standard InChI is InChI=1S/C21H26FN5O2/c1-23-21(27-14-16-4-3-8-24-20(16)29-11-10-28-2)25-9-7-15-13-26-19-12-17(22)5-6-18(15)19/h3-6,8,12-13,26H,7,9-11,14H2,1-2H3,(H2,23,25,27). The predicted octanol–water partition coefficient (Wildman–Crippen LogP) is 2.63. The van der Waals surface area contributed by atoms with E-state index in [0.29, 0.717) is 38.1 Å². The Bertz CT molecular complexity index is 957. The lowest BCUT2D eigenvalue weighted by atomic mass is 10.1. The number of fused-ring (bicyclic) bond motifs is 1. The van der Waals surface area contributed by atoms with Crippen LogP contribution in [0.1, 0.15) is 11.1 Å². The van der Waals surface area contributed by atoms with Crippen LogP contribution in [0.25, 0.3) is 10.9 Å². The molecule has 0 amide bonds. The zero-order chi connectivity index (χ0) is 20.5. The first kappa shape index (κ1) is 20.6. The number of halogens is 1. The maximum Gasteiger partial charge on any atom is 0.218 e. The highest BCUT2D eigenvalue weighted by atomic mass is 19.1. The summed E-state index contributed by atoms with van der Waals surface area (Å²) in [5.41, 5.74) is 2.87. The number of nitrogens with one attached hydrogen (secondary N) is 3. The minimum Gasteiger partial charge on any atom is -0.475 e. The van der Waals surface area contributed by atoms with Crippen molar-refractivity contribution in [2.75, 3.05) is 33.9 Å². The molecule has 0 aliphatic carbocycles. The number of aromatic amines is 1. The largest absolute Gasteiger partial charge is 0.475 e. The summed E-state index contributed by atoms with van der Waals surface area (Å²) in [6, 6.07) is 8.62. The molecule has 0 aliphatic heterocycles. The molecule has 0 fully saturated rings. The van der Waals surface area contributed by atoms with Crippen molar-refractivity contribution < 1.29 is 13.9 Å². The lowest BCUT2D eigenvalue weighted by Crippen LogP contribution is -2.38. The van der Waals surface area contributed by atoms with E-state index in [-0.39, 0.29) is 5.82 Å². The number of H-pyrrole nitrogens is 1. The maximum absolute atomic E-state index is 13.3. The van der Waals surface area contributed by atoms with Crippen LogP contribution in [0, 0.1) is 5.82 Å². The van der Waals surface area contributed by atoms with Gasteiger partial charge in [0.1, 0.15) is 12.4 Å². The topological polar surface area (TPSA) is 83.6 Å². The molecule has 0 spiro atoms. The van der Waals surface area contributed by atoms with Crippen LogP contribution in [-0.2, 0) is 17.7 Å². The molecule has 0 unspecified atom stereocenters. The van der Waals surface area contributed by atoms with Crippen LogP contribution in [0.5, 0.6) is 5.88 Å². The highest BCUT2D eigenvalue weighted by Gasteiger charge is 2.07. The van der Waals surface area contributed by atoms with Crippen molar-refractivity contribution in [1.82, 2.24) is 20.6 Å². The Balaban J connectivity index is 1.51. The number of ether oxygens (including phenoxy) is 2. The van der Waals surface area contributed by atoms with E-state index in [1.54, 1.807) is 26.4 Å². The summed E-state index contributed by atoms with van der Waals surface area (Å²) in [4.78, 5) is 11.6. The molecule has 2 heterocycles. The molecule has 7 nitrogen and oxygen atoms in total. The molecule has 29 heavy (non-hydrogen) atoms. The van der Waals surface area contributed by atoms with E-state index in [0.717, 1.165) is 28.5 Å². The number of hydrogen-bond donors (Lipinski definition) is 3. The summed E-state index contributed by atoms with van der Waals surface area (Å²) >= 11 is 0. The van der Waals surface area contributed by atoms with Crippen LogP contribution in [0.4, 0.5) is 4.39 Å². The Morgan fingerprint density at radius 2 is 2.10 bits per heavy atom. The number of nitrogens with zero attached hydrogens (tertiary/aromatic N) is 2. The smallest absolute Gasteiger partial charge is 0.218 e. The highest BCUT2D eigenvalue weighted by molar-refractivity contribution is 5.83. The van der Waals surface area contributed by atoms with Gasteiger partial charge in [0.25, 0.3) is 0 Å². The lowest BCUT2D eigenvalue weighted by Gasteiger charge is -2.14. The van der Waals surface area contributed by atoms with Crippen molar-refractivity contribution >= 4 is 16.9 Å². The Morgan fingerprint density at radius 1 is 1.21 bits per heavy atom. The van der Waals surface area contributed by atoms with E-state index in [1.807, 2.05) is 18.3 Å². The molecular weight excluding hydrogens is 373 g/mol. The normalized spacial score (nSPS) is 11.6. The van der Waals surface area contributed by atoms with Crippen LogP contribution in [0.15, 0.2) is 47.7 Å². The van der Waals surface area contributed by atoms with Gasteiger partial charge in [-0.25, -0.2) is 9.37 Å². The first-order valence-corrected chi connectivity index (χ1v) is 9.47. The summed E-state index contributed by atoms with van der Waals surface area (Å²) < 4.78 is 24.0. The van der Waals surface area contributed by atoms with Crippen molar-refractivity contribution in [2.45, 2.75) is 13.0 Å². The number of aromatic nitrogens is 2. The Hall–Kier alpha value is -3.13. The molecule has 3 aromatic rings. The molecule has 0 aliphatic rings. The maximum atomic E-state index is 13.3. The van der Waals surface area contributed by atoms with Gasteiger partial charge in [-0.05, 0) is 36.2 Å². The quantitative estimate of drug-likeness (QED) is 0.293. The molecule has 154 valence electrons. The third kappa shape index (κ3) is 5.68. The fourth-order valence-corrected chi connectivity index (χ4v) is 2.99. The van der Waals surface area contributed by atoms with E-state index < -0.39 is 0 Å². The zero-order valence-electron chi connectivity index (χ0n) is 16.7. The Labute approximate surface area is 169 Å². The first-order chi connectivity index (χ1) is 14.2. The second-order valence-corrected chi connectivity index (χ2v) is 6.42. The number of aliphatic imine (C=N–C) groups is 1. The predicted molar refractivity (Wildman–Crippen MR) is 112 cm³/mol. The number of guanidine groups is 1. The summed E-state index contributed by atoms with van der Waals surface area (Å²) in [7, 11) is 3.36. The van der Waals surface area contributed by atoms with Crippen LogP contribution >= 0.6 is 0 Å². The Morgan fingerprint density at radius 3 is 2.93 bits per heavy atom. The fraction of sp³-hybridized carbons (Fsp3) is 0.333. The van der Waals surface area contributed by atoms with Gasteiger partial charge in [-0.15, -0.1) is 0 Å². The van der Waals surface area contributed by atoms with Gasteiger partial charge in [0, 0.05) is 56.1 Å². The summed E-state index contributed by atoms with van der Waals surface area (Å²) in [6.45, 7) is 2.17. The average molecular weight is 399 g/mol. The first-order valence-electron chi connectivity index (χ1n) is 9.47. The highest BCUT2D eigenvalue weighted by Crippen LogP contribution is 2.19. The molecule has 3 rings (SSSR count). The van der Waals surface area contributed by atoms with Gasteiger partial charge in [0.15, 0.2) is 5.96 Å². The molecular formula is C21H26FN5O2. The van der Waals surface area contributed by atoms with Crippen molar-refractivity contribution in [1.29, 1.82) is 0 Å². The fourth-order valence-electron chi connectivity index (χ4n) is 2.99. The van der Waals surface area contributed by atoms with E-state index in [1.165, 1.54) is 12.1 Å². The van der Waals surface area contributed by atoms with E-state index >= 15 is 0 Å². The second-order valence-electron chi connectivity index (χ2n) is 6.42. The van der Waals surface area contributed by atoms with Crippen molar-refractivity contribution in [2.24, 2.45) is 4.99 Å². The van der Waals surface area contributed by atoms with E-state index in [9.17, 15) is 4.39 Å². The number of pyridine rings is 1. The second kappa shape index (κ2) is 10.4. The molecule has 0 saturated heterocycles.